The van der Waals surface area contributed by atoms with Crippen molar-refractivity contribution in [1.29, 1.82) is 0 Å². The molecule has 22 heavy (non-hydrogen) atoms. The maximum atomic E-state index is 5.73. The zero-order valence-corrected chi connectivity index (χ0v) is 13.0. The Kier molecular flexibility index (Phi) is 3.92. The summed E-state index contributed by atoms with van der Waals surface area (Å²) < 4.78 is 11.4. The van der Waals surface area contributed by atoms with Gasteiger partial charge < -0.3 is 9.15 Å². The third-order valence-corrected chi connectivity index (χ3v) is 3.29. The van der Waals surface area contributed by atoms with Crippen LogP contribution in [0, 0.1) is 20.8 Å². The molecule has 0 saturated carbocycles. The molecule has 3 aromatic rings. The molecule has 3 rings (SSSR count). The molecule has 0 aliphatic rings. The molecular weight excluding hydrogens is 276 g/mol. The van der Waals surface area contributed by atoms with Crippen molar-refractivity contribution in [3.05, 3.63) is 65.0 Å². The SMILES string of the molecule is Cc1cc(C)cc(OCc2nnc(-c3cccc(C)c3)o2)c1. The van der Waals surface area contributed by atoms with Crippen molar-refractivity contribution < 1.29 is 9.15 Å². The van der Waals surface area contributed by atoms with Crippen molar-refractivity contribution in [3.63, 3.8) is 0 Å². The van der Waals surface area contributed by atoms with Gasteiger partial charge in [0.05, 0.1) is 0 Å². The van der Waals surface area contributed by atoms with Gasteiger partial charge in [-0.2, -0.15) is 0 Å². The van der Waals surface area contributed by atoms with Crippen molar-refractivity contribution in [2.24, 2.45) is 0 Å². The minimum absolute atomic E-state index is 0.266. The highest BCUT2D eigenvalue weighted by Crippen LogP contribution is 2.21. The topological polar surface area (TPSA) is 48.2 Å². The van der Waals surface area contributed by atoms with E-state index >= 15 is 0 Å². The summed E-state index contributed by atoms with van der Waals surface area (Å²) >= 11 is 0. The number of rotatable bonds is 4. The highest BCUT2D eigenvalue weighted by atomic mass is 16.5. The number of benzene rings is 2. The number of hydrogen-bond acceptors (Lipinski definition) is 4. The summed E-state index contributed by atoms with van der Waals surface area (Å²) in [6, 6.07) is 14.1. The molecule has 0 saturated heterocycles. The average molecular weight is 294 g/mol. The smallest absolute Gasteiger partial charge is 0.254 e. The van der Waals surface area contributed by atoms with Crippen molar-refractivity contribution in [2.75, 3.05) is 0 Å². The zero-order valence-electron chi connectivity index (χ0n) is 13.0. The van der Waals surface area contributed by atoms with Crippen LogP contribution in [0.3, 0.4) is 0 Å². The molecule has 4 heteroatoms. The lowest BCUT2D eigenvalue weighted by Crippen LogP contribution is -1.96. The van der Waals surface area contributed by atoms with Crippen molar-refractivity contribution >= 4 is 0 Å². The van der Waals surface area contributed by atoms with Crippen LogP contribution in [0.1, 0.15) is 22.6 Å². The Balaban J connectivity index is 1.72. The van der Waals surface area contributed by atoms with Crippen LogP contribution < -0.4 is 4.74 Å². The monoisotopic (exact) mass is 294 g/mol. The highest BCUT2D eigenvalue weighted by Gasteiger charge is 2.09. The second-order valence-corrected chi connectivity index (χ2v) is 5.48. The van der Waals surface area contributed by atoms with Crippen LogP contribution in [0.15, 0.2) is 46.9 Å². The van der Waals surface area contributed by atoms with Crippen LogP contribution in [0.4, 0.5) is 0 Å². The first-order valence-corrected chi connectivity index (χ1v) is 7.21. The van der Waals surface area contributed by atoms with E-state index in [9.17, 15) is 0 Å². The van der Waals surface area contributed by atoms with E-state index in [4.69, 9.17) is 9.15 Å². The molecule has 0 unspecified atom stereocenters. The fourth-order valence-electron chi connectivity index (χ4n) is 2.37. The second kappa shape index (κ2) is 6.02. The normalized spacial score (nSPS) is 10.7. The van der Waals surface area contributed by atoms with E-state index in [0.717, 1.165) is 16.9 Å². The molecular formula is C18H18N2O2. The van der Waals surface area contributed by atoms with Gasteiger partial charge in [0.1, 0.15) is 5.75 Å². The number of hydrogen-bond donors (Lipinski definition) is 0. The molecule has 4 nitrogen and oxygen atoms in total. The fraction of sp³-hybridized carbons (Fsp3) is 0.222. The lowest BCUT2D eigenvalue weighted by Gasteiger charge is -2.05. The molecule has 1 aromatic heterocycles. The standard InChI is InChI=1S/C18H18N2O2/c1-12-5-4-6-15(8-12)18-20-19-17(22-18)11-21-16-9-13(2)7-14(3)10-16/h4-10H,11H2,1-3H3. The fourth-order valence-corrected chi connectivity index (χ4v) is 2.37. The predicted octanol–water partition coefficient (Wildman–Crippen LogP) is 4.24. The first-order valence-electron chi connectivity index (χ1n) is 7.21. The van der Waals surface area contributed by atoms with E-state index in [1.165, 1.54) is 11.1 Å². The molecule has 112 valence electrons. The summed E-state index contributed by atoms with van der Waals surface area (Å²) in [4.78, 5) is 0. The van der Waals surface area contributed by atoms with Gasteiger partial charge >= 0.3 is 0 Å². The van der Waals surface area contributed by atoms with Crippen LogP contribution in [-0.4, -0.2) is 10.2 Å². The highest BCUT2D eigenvalue weighted by molar-refractivity contribution is 5.53. The number of ether oxygens (including phenoxy) is 1. The molecule has 0 N–H and O–H groups in total. The molecule has 2 aromatic carbocycles. The molecule has 0 fully saturated rings. The summed E-state index contributed by atoms with van der Waals surface area (Å²) in [6.07, 6.45) is 0. The van der Waals surface area contributed by atoms with Gasteiger partial charge in [0.15, 0.2) is 6.61 Å². The van der Waals surface area contributed by atoms with Gasteiger partial charge in [0.2, 0.25) is 5.89 Å². The second-order valence-electron chi connectivity index (χ2n) is 5.48. The van der Waals surface area contributed by atoms with Crippen molar-refractivity contribution in [2.45, 2.75) is 27.4 Å². The van der Waals surface area contributed by atoms with Gasteiger partial charge in [-0.05, 0) is 56.2 Å². The number of aromatic nitrogens is 2. The molecule has 0 aliphatic carbocycles. The van der Waals surface area contributed by atoms with Crippen LogP contribution in [0.2, 0.25) is 0 Å². The Labute approximate surface area is 129 Å². The molecule has 1 heterocycles. The lowest BCUT2D eigenvalue weighted by atomic mass is 10.1. The Bertz CT molecular complexity index is 773. The van der Waals surface area contributed by atoms with Gasteiger partial charge in [-0.3, -0.25) is 0 Å². The Morgan fingerprint density at radius 2 is 1.68 bits per heavy atom. The van der Waals surface area contributed by atoms with Gasteiger partial charge in [-0.1, -0.05) is 23.8 Å². The number of nitrogens with zero attached hydrogens (tertiary/aromatic N) is 2. The van der Waals surface area contributed by atoms with Gasteiger partial charge in [0, 0.05) is 5.56 Å². The van der Waals surface area contributed by atoms with Gasteiger partial charge in [-0.15, -0.1) is 10.2 Å². The molecule has 0 radical (unpaired) electrons. The largest absolute Gasteiger partial charge is 0.484 e. The molecule has 0 aliphatic heterocycles. The van der Waals surface area contributed by atoms with E-state index in [1.54, 1.807) is 0 Å². The first kappa shape index (κ1) is 14.3. The Morgan fingerprint density at radius 1 is 0.909 bits per heavy atom. The third-order valence-electron chi connectivity index (χ3n) is 3.29. The third kappa shape index (κ3) is 3.34. The van der Waals surface area contributed by atoms with Crippen molar-refractivity contribution in [1.82, 2.24) is 10.2 Å². The molecule has 0 amide bonds. The summed E-state index contributed by atoms with van der Waals surface area (Å²) in [5, 5.41) is 8.12. The Hall–Kier alpha value is -2.62. The summed E-state index contributed by atoms with van der Waals surface area (Å²) in [5.41, 5.74) is 4.41. The molecule has 0 spiro atoms. The quantitative estimate of drug-likeness (QED) is 0.722. The van der Waals surface area contributed by atoms with E-state index in [-0.39, 0.29) is 6.61 Å². The van der Waals surface area contributed by atoms with E-state index in [2.05, 4.69) is 16.3 Å². The Morgan fingerprint density at radius 3 is 2.41 bits per heavy atom. The summed E-state index contributed by atoms with van der Waals surface area (Å²) in [6.45, 7) is 6.39. The zero-order chi connectivity index (χ0) is 15.5. The predicted molar refractivity (Wildman–Crippen MR) is 84.7 cm³/mol. The maximum Gasteiger partial charge on any atom is 0.254 e. The minimum Gasteiger partial charge on any atom is -0.484 e. The van der Waals surface area contributed by atoms with Crippen LogP contribution >= 0.6 is 0 Å². The van der Waals surface area contributed by atoms with E-state index < -0.39 is 0 Å². The first-order chi connectivity index (χ1) is 10.6. The molecule has 0 atom stereocenters. The maximum absolute atomic E-state index is 5.73. The summed E-state index contributed by atoms with van der Waals surface area (Å²) in [5.74, 6) is 1.80. The lowest BCUT2D eigenvalue weighted by molar-refractivity contribution is 0.264. The van der Waals surface area contributed by atoms with E-state index in [0.29, 0.717) is 11.8 Å². The number of aryl methyl sites for hydroxylation is 3. The van der Waals surface area contributed by atoms with Crippen LogP contribution in [0.5, 0.6) is 5.75 Å². The minimum atomic E-state index is 0.266. The molecule has 0 bridgehead atoms. The van der Waals surface area contributed by atoms with Gasteiger partial charge in [-0.25, -0.2) is 0 Å². The van der Waals surface area contributed by atoms with Crippen LogP contribution in [0.25, 0.3) is 11.5 Å². The summed E-state index contributed by atoms with van der Waals surface area (Å²) in [7, 11) is 0. The average Bonchev–Trinajstić information content (AvgIpc) is 2.93. The van der Waals surface area contributed by atoms with Gasteiger partial charge in [0.25, 0.3) is 5.89 Å². The van der Waals surface area contributed by atoms with Crippen LogP contribution in [-0.2, 0) is 6.61 Å². The van der Waals surface area contributed by atoms with E-state index in [1.807, 2.05) is 57.2 Å². The van der Waals surface area contributed by atoms with Crippen molar-refractivity contribution in [3.8, 4) is 17.2 Å².